The van der Waals surface area contributed by atoms with Gasteiger partial charge in [-0.1, -0.05) is 24.3 Å². The third-order valence-corrected chi connectivity index (χ3v) is 4.74. The van der Waals surface area contributed by atoms with Gasteiger partial charge in [-0.3, -0.25) is 0 Å². The molecule has 2 aliphatic rings. The van der Waals surface area contributed by atoms with E-state index < -0.39 is 0 Å². The molecule has 1 aromatic carbocycles. The summed E-state index contributed by atoms with van der Waals surface area (Å²) in [6.07, 6.45) is 6.67. The van der Waals surface area contributed by atoms with E-state index in [9.17, 15) is 0 Å². The van der Waals surface area contributed by atoms with E-state index in [0.29, 0.717) is 6.54 Å². The van der Waals surface area contributed by atoms with Crippen LogP contribution in [0.5, 0.6) is 0 Å². The molecule has 6 nitrogen and oxygen atoms in total. The number of benzene rings is 1. The van der Waals surface area contributed by atoms with Gasteiger partial charge in [-0.05, 0) is 37.5 Å². The van der Waals surface area contributed by atoms with Crippen LogP contribution in [0.3, 0.4) is 0 Å². The molecule has 0 spiro atoms. The monoisotopic (exact) mass is 372 g/mol. The van der Waals surface area contributed by atoms with Gasteiger partial charge in [0.2, 0.25) is 0 Å². The Morgan fingerprint density at radius 2 is 2.04 bits per heavy atom. The molecule has 1 aromatic rings. The molecule has 0 aromatic heterocycles. The largest absolute Gasteiger partial charge is 0.379 e. The summed E-state index contributed by atoms with van der Waals surface area (Å²) in [5.74, 6) is 0.856. The van der Waals surface area contributed by atoms with Gasteiger partial charge in [-0.25, -0.2) is 4.99 Å². The highest BCUT2D eigenvalue weighted by atomic mass is 16.5. The molecule has 0 aliphatic carbocycles. The van der Waals surface area contributed by atoms with E-state index in [0.717, 1.165) is 64.8 Å². The molecular formula is C21H32N4O2. The van der Waals surface area contributed by atoms with Gasteiger partial charge in [0.25, 0.3) is 0 Å². The van der Waals surface area contributed by atoms with Gasteiger partial charge in [-0.15, -0.1) is 0 Å². The van der Waals surface area contributed by atoms with Crippen molar-refractivity contribution in [2.75, 3.05) is 50.9 Å². The second kappa shape index (κ2) is 10.9. The van der Waals surface area contributed by atoms with Gasteiger partial charge in [0.05, 0.1) is 19.3 Å². The van der Waals surface area contributed by atoms with Gasteiger partial charge >= 0.3 is 0 Å². The fourth-order valence-electron chi connectivity index (χ4n) is 3.19. The summed E-state index contributed by atoms with van der Waals surface area (Å²) in [4.78, 5) is 7.04. The smallest absolute Gasteiger partial charge is 0.191 e. The minimum absolute atomic E-state index is 0.284. The fourth-order valence-corrected chi connectivity index (χ4v) is 3.19. The van der Waals surface area contributed by atoms with Crippen LogP contribution in [0.4, 0.5) is 5.69 Å². The van der Waals surface area contributed by atoms with E-state index in [-0.39, 0.29) is 6.10 Å². The van der Waals surface area contributed by atoms with E-state index in [2.05, 4.69) is 58.9 Å². The van der Waals surface area contributed by atoms with Crippen molar-refractivity contribution in [3.05, 3.63) is 42.0 Å². The first-order valence-electron chi connectivity index (χ1n) is 10.1. The average Bonchev–Trinajstić information content (AvgIpc) is 3.40. The number of ether oxygens (including phenoxy) is 2. The standard InChI is InChI=1S/C21H32N4O2/c1-2-22-21(23-11-5-14-27-20-10-15-26-17-20)24-16-18-6-8-19(9-7-18)25-12-3-4-13-25/h3-4,6-9,20H,2,5,10-17H2,1H3,(H2,22,23,24). The van der Waals surface area contributed by atoms with E-state index in [4.69, 9.17) is 14.5 Å². The number of hydrogen-bond donors (Lipinski definition) is 2. The van der Waals surface area contributed by atoms with Gasteiger partial charge in [-0.2, -0.15) is 0 Å². The van der Waals surface area contributed by atoms with Crippen LogP contribution in [-0.4, -0.2) is 58.1 Å². The summed E-state index contributed by atoms with van der Waals surface area (Å²) in [7, 11) is 0. The lowest BCUT2D eigenvalue weighted by atomic mass is 10.2. The second-order valence-electron chi connectivity index (χ2n) is 6.87. The normalized spacial score (nSPS) is 19.7. The van der Waals surface area contributed by atoms with Crippen LogP contribution >= 0.6 is 0 Å². The molecular weight excluding hydrogens is 340 g/mol. The Hall–Kier alpha value is -2.05. The highest BCUT2D eigenvalue weighted by molar-refractivity contribution is 5.79. The lowest BCUT2D eigenvalue weighted by Crippen LogP contribution is -2.38. The Balaban J connectivity index is 1.39. The van der Waals surface area contributed by atoms with Gasteiger partial charge in [0, 0.05) is 45.1 Å². The zero-order chi connectivity index (χ0) is 18.7. The quantitative estimate of drug-likeness (QED) is 0.302. The van der Waals surface area contributed by atoms with E-state index in [1.807, 2.05) is 0 Å². The van der Waals surface area contributed by atoms with Crippen molar-refractivity contribution < 1.29 is 9.47 Å². The number of nitrogens with one attached hydrogen (secondary N) is 2. The molecule has 0 saturated carbocycles. The van der Waals surface area contributed by atoms with Gasteiger partial charge in [0.1, 0.15) is 0 Å². The molecule has 2 aliphatic heterocycles. The van der Waals surface area contributed by atoms with Crippen LogP contribution in [0.25, 0.3) is 0 Å². The minimum atomic E-state index is 0.284. The Labute approximate surface area is 162 Å². The highest BCUT2D eigenvalue weighted by Gasteiger charge is 2.15. The average molecular weight is 373 g/mol. The fraction of sp³-hybridized carbons (Fsp3) is 0.571. The molecule has 1 fully saturated rings. The van der Waals surface area contributed by atoms with Crippen LogP contribution in [0.15, 0.2) is 41.4 Å². The van der Waals surface area contributed by atoms with Crippen molar-refractivity contribution in [1.29, 1.82) is 0 Å². The molecule has 1 atom stereocenters. The lowest BCUT2D eigenvalue weighted by Gasteiger charge is -2.17. The second-order valence-corrected chi connectivity index (χ2v) is 6.87. The molecule has 148 valence electrons. The third kappa shape index (κ3) is 6.56. The van der Waals surface area contributed by atoms with E-state index in [1.54, 1.807) is 0 Å². The maximum atomic E-state index is 5.79. The summed E-state index contributed by atoms with van der Waals surface area (Å²) in [6, 6.07) is 8.70. The van der Waals surface area contributed by atoms with E-state index >= 15 is 0 Å². The van der Waals surface area contributed by atoms with Crippen molar-refractivity contribution >= 4 is 11.6 Å². The highest BCUT2D eigenvalue weighted by Crippen LogP contribution is 2.17. The molecule has 0 bridgehead atoms. The van der Waals surface area contributed by atoms with Crippen molar-refractivity contribution in [3.63, 3.8) is 0 Å². The van der Waals surface area contributed by atoms with Crippen molar-refractivity contribution in [2.24, 2.45) is 4.99 Å². The zero-order valence-electron chi connectivity index (χ0n) is 16.3. The van der Waals surface area contributed by atoms with Crippen LogP contribution in [0.1, 0.15) is 25.3 Å². The maximum Gasteiger partial charge on any atom is 0.191 e. The van der Waals surface area contributed by atoms with Gasteiger partial charge < -0.3 is 25.0 Å². The topological polar surface area (TPSA) is 58.1 Å². The number of aliphatic imine (C=N–C) groups is 1. The Kier molecular flexibility index (Phi) is 7.99. The lowest BCUT2D eigenvalue weighted by molar-refractivity contribution is 0.0420. The summed E-state index contributed by atoms with van der Waals surface area (Å²) in [6.45, 7) is 8.78. The van der Waals surface area contributed by atoms with Crippen LogP contribution < -0.4 is 15.5 Å². The van der Waals surface area contributed by atoms with Crippen molar-refractivity contribution in [1.82, 2.24) is 10.6 Å². The summed E-state index contributed by atoms with van der Waals surface area (Å²) >= 11 is 0. The molecule has 27 heavy (non-hydrogen) atoms. The molecule has 0 radical (unpaired) electrons. The number of nitrogens with zero attached hydrogens (tertiary/aromatic N) is 2. The molecule has 1 saturated heterocycles. The first kappa shape index (κ1) is 19.7. The number of hydrogen-bond acceptors (Lipinski definition) is 4. The summed E-state index contributed by atoms with van der Waals surface area (Å²) < 4.78 is 11.1. The van der Waals surface area contributed by atoms with Crippen LogP contribution in [-0.2, 0) is 16.0 Å². The number of rotatable bonds is 9. The summed E-state index contributed by atoms with van der Waals surface area (Å²) in [5.41, 5.74) is 2.48. The Bertz CT molecular complexity index is 601. The third-order valence-electron chi connectivity index (χ3n) is 4.74. The zero-order valence-corrected chi connectivity index (χ0v) is 16.3. The molecule has 2 heterocycles. The van der Waals surface area contributed by atoms with Gasteiger partial charge in [0.15, 0.2) is 5.96 Å². The van der Waals surface area contributed by atoms with E-state index in [1.165, 1.54) is 11.3 Å². The first-order valence-corrected chi connectivity index (χ1v) is 10.1. The van der Waals surface area contributed by atoms with Crippen molar-refractivity contribution in [2.45, 2.75) is 32.4 Å². The molecule has 2 N–H and O–H groups in total. The number of guanidine groups is 1. The molecule has 1 unspecified atom stereocenters. The number of anilines is 1. The molecule has 0 amide bonds. The predicted octanol–water partition coefficient (Wildman–Crippen LogP) is 2.31. The van der Waals surface area contributed by atoms with Crippen LogP contribution in [0, 0.1) is 0 Å². The van der Waals surface area contributed by atoms with Crippen molar-refractivity contribution in [3.8, 4) is 0 Å². The predicted molar refractivity (Wildman–Crippen MR) is 110 cm³/mol. The maximum absolute atomic E-state index is 5.79. The SMILES string of the molecule is CCNC(=NCc1ccc(N2CC=CC2)cc1)NCCCOC1CCOC1. The Morgan fingerprint density at radius 1 is 1.22 bits per heavy atom. The summed E-state index contributed by atoms with van der Waals surface area (Å²) in [5, 5.41) is 6.69. The molecule has 3 rings (SSSR count). The Morgan fingerprint density at radius 3 is 2.74 bits per heavy atom. The molecule has 6 heteroatoms. The first-order chi connectivity index (χ1) is 13.3. The minimum Gasteiger partial charge on any atom is -0.379 e. The van der Waals surface area contributed by atoms with Crippen LogP contribution in [0.2, 0.25) is 0 Å².